The predicted molar refractivity (Wildman–Crippen MR) is 73.6 cm³/mol. The van der Waals surface area contributed by atoms with Crippen LogP contribution in [0.15, 0.2) is 18.3 Å². The third-order valence-corrected chi connectivity index (χ3v) is 3.68. The molecule has 0 amide bonds. The Morgan fingerprint density at radius 3 is 2.56 bits per heavy atom. The molecule has 3 heteroatoms. The number of pyridine rings is 1. The number of rotatable bonds is 4. The van der Waals surface area contributed by atoms with Gasteiger partial charge in [-0.05, 0) is 44.2 Å². The summed E-state index contributed by atoms with van der Waals surface area (Å²) in [6.07, 6.45) is 10.7. The molecule has 1 fully saturated rings. The lowest BCUT2D eigenvalue weighted by Gasteiger charge is -2.17. The van der Waals surface area contributed by atoms with Gasteiger partial charge in [-0.1, -0.05) is 19.8 Å². The van der Waals surface area contributed by atoms with Crippen LogP contribution in [0.2, 0.25) is 0 Å². The van der Waals surface area contributed by atoms with Crippen molar-refractivity contribution in [1.82, 2.24) is 4.98 Å². The summed E-state index contributed by atoms with van der Waals surface area (Å²) in [5.74, 6) is 0.883. The van der Waals surface area contributed by atoms with Crippen molar-refractivity contribution in [3.63, 3.8) is 0 Å². The molecule has 1 saturated carbocycles. The number of nitrogens with zero attached hydrogens (tertiary/aromatic N) is 1. The van der Waals surface area contributed by atoms with E-state index in [0.29, 0.717) is 6.10 Å². The maximum absolute atomic E-state index is 6.00. The minimum absolute atomic E-state index is 0.0388. The van der Waals surface area contributed by atoms with E-state index in [4.69, 9.17) is 10.5 Å². The Morgan fingerprint density at radius 2 is 2.00 bits per heavy atom. The fourth-order valence-corrected chi connectivity index (χ4v) is 2.44. The highest BCUT2D eigenvalue weighted by Crippen LogP contribution is 2.23. The molecule has 1 atom stereocenters. The molecule has 1 unspecified atom stereocenters. The van der Waals surface area contributed by atoms with E-state index in [2.05, 4.69) is 11.9 Å². The molecule has 1 aliphatic carbocycles. The van der Waals surface area contributed by atoms with E-state index < -0.39 is 0 Å². The van der Waals surface area contributed by atoms with Crippen LogP contribution in [-0.4, -0.2) is 11.1 Å². The standard InChI is InChI=1S/C15H24N2O/c1-2-14(16)15-10-9-13(11-17-15)18-12-7-5-3-4-6-8-12/h9-12,14H,2-8,16H2,1H3. The second kappa shape index (κ2) is 6.74. The fourth-order valence-electron chi connectivity index (χ4n) is 2.44. The van der Waals surface area contributed by atoms with Gasteiger partial charge in [0.1, 0.15) is 5.75 Å². The number of hydrogen-bond acceptors (Lipinski definition) is 3. The summed E-state index contributed by atoms with van der Waals surface area (Å²) in [4.78, 5) is 4.39. The van der Waals surface area contributed by atoms with Gasteiger partial charge in [-0.15, -0.1) is 0 Å². The summed E-state index contributed by atoms with van der Waals surface area (Å²) < 4.78 is 6.00. The Labute approximate surface area is 110 Å². The Kier molecular flexibility index (Phi) is 5.00. The lowest BCUT2D eigenvalue weighted by molar-refractivity contribution is 0.183. The van der Waals surface area contributed by atoms with Gasteiger partial charge in [0.2, 0.25) is 0 Å². The highest BCUT2D eigenvalue weighted by atomic mass is 16.5. The fraction of sp³-hybridized carbons (Fsp3) is 0.667. The van der Waals surface area contributed by atoms with Crippen LogP contribution in [0.25, 0.3) is 0 Å². The first-order valence-corrected chi connectivity index (χ1v) is 7.17. The van der Waals surface area contributed by atoms with E-state index in [0.717, 1.165) is 17.9 Å². The van der Waals surface area contributed by atoms with Crippen LogP contribution in [0.5, 0.6) is 5.75 Å². The molecule has 1 aromatic rings. The predicted octanol–water partition coefficient (Wildman–Crippen LogP) is 3.59. The van der Waals surface area contributed by atoms with Crippen LogP contribution in [0.4, 0.5) is 0 Å². The average Bonchev–Trinajstić information content (AvgIpc) is 2.67. The van der Waals surface area contributed by atoms with E-state index in [1.54, 1.807) is 0 Å². The van der Waals surface area contributed by atoms with Gasteiger partial charge in [-0.25, -0.2) is 0 Å². The van der Waals surface area contributed by atoms with E-state index in [-0.39, 0.29) is 6.04 Å². The minimum Gasteiger partial charge on any atom is -0.489 e. The van der Waals surface area contributed by atoms with E-state index >= 15 is 0 Å². The van der Waals surface area contributed by atoms with Crippen molar-refractivity contribution in [3.8, 4) is 5.75 Å². The maximum Gasteiger partial charge on any atom is 0.138 e. The number of hydrogen-bond donors (Lipinski definition) is 1. The van der Waals surface area contributed by atoms with Crippen molar-refractivity contribution < 1.29 is 4.74 Å². The Morgan fingerprint density at radius 1 is 1.28 bits per heavy atom. The second-order valence-corrected chi connectivity index (χ2v) is 5.16. The number of ether oxygens (including phenoxy) is 1. The molecular weight excluding hydrogens is 224 g/mol. The van der Waals surface area contributed by atoms with Crippen LogP contribution in [0, 0.1) is 0 Å². The molecule has 1 aromatic heterocycles. The highest BCUT2D eigenvalue weighted by molar-refractivity contribution is 5.21. The van der Waals surface area contributed by atoms with Crippen LogP contribution in [0.3, 0.4) is 0 Å². The van der Waals surface area contributed by atoms with Crippen molar-refractivity contribution in [2.45, 2.75) is 64.0 Å². The third kappa shape index (κ3) is 3.70. The SMILES string of the molecule is CCC(N)c1ccc(OC2CCCCCC2)cn1. The van der Waals surface area contributed by atoms with E-state index in [1.165, 1.54) is 38.5 Å². The normalized spacial score (nSPS) is 19.2. The Balaban J connectivity index is 1.92. The molecule has 3 nitrogen and oxygen atoms in total. The largest absolute Gasteiger partial charge is 0.489 e. The van der Waals surface area contributed by atoms with Crippen molar-refractivity contribution >= 4 is 0 Å². The molecule has 18 heavy (non-hydrogen) atoms. The molecule has 0 spiro atoms. The van der Waals surface area contributed by atoms with Crippen molar-refractivity contribution in [2.24, 2.45) is 5.73 Å². The van der Waals surface area contributed by atoms with Gasteiger partial charge >= 0.3 is 0 Å². The molecular formula is C15H24N2O. The van der Waals surface area contributed by atoms with Gasteiger partial charge < -0.3 is 10.5 Å². The quantitative estimate of drug-likeness (QED) is 0.828. The lowest BCUT2D eigenvalue weighted by atomic mass is 10.1. The first kappa shape index (κ1) is 13.3. The molecule has 100 valence electrons. The van der Waals surface area contributed by atoms with Crippen LogP contribution >= 0.6 is 0 Å². The molecule has 0 aromatic carbocycles. The molecule has 0 aliphatic heterocycles. The summed E-state index contributed by atoms with van der Waals surface area (Å²) in [7, 11) is 0. The van der Waals surface area contributed by atoms with Gasteiger partial charge in [-0.2, -0.15) is 0 Å². The van der Waals surface area contributed by atoms with Crippen molar-refractivity contribution in [1.29, 1.82) is 0 Å². The summed E-state index contributed by atoms with van der Waals surface area (Å²) in [6, 6.07) is 4.03. The summed E-state index contributed by atoms with van der Waals surface area (Å²) in [5.41, 5.74) is 6.90. The third-order valence-electron chi connectivity index (χ3n) is 3.68. The molecule has 0 bridgehead atoms. The molecule has 2 N–H and O–H groups in total. The topological polar surface area (TPSA) is 48.1 Å². The van der Waals surface area contributed by atoms with Gasteiger partial charge in [0.15, 0.2) is 0 Å². The monoisotopic (exact) mass is 248 g/mol. The summed E-state index contributed by atoms with van der Waals surface area (Å²) in [6.45, 7) is 2.07. The van der Waals surface area contributed by atoms with Gasteiger partial charge in [0, 0.05) is 6.04 Å². The first-order chi connectivity index (χ1) is 8.79. The van der Waals surface area contributed by atoms with Crippen LogP contribution < -0.4 is 10.5 Å². The smallest absolute Gasteiger partial charge is 0.138 e. The molecule has 1 heterocycles. The minimum atomic E-state index is 0.0388. The first-order valence-electron chi connectivity index (χ1n) is 7.17. The Bertz CT molecular complexity index is 342. The molecule has 2 rings (SSSR count). The zero-order valence-electron chi connectivity index (χ0n) is 11.3. The summed E-state index contributed by atoms with van der Waals surface area (Å²) >= 11 is 0. The average molecular weight is 248 g/mol. The van der Waals surface area contributed by atoms with Crippen molar-refractivity contribution in [2.75, 3.05) is 0 Å². The maximum atomic E-state index is 6.00. The van der Waals surface area contributed by atoms with Crippen molar-refractivity contribution in [3.05, 3.63) is 24.0 Å². The number of nitrogens with two attached hydrogens (primary N) is 1. The van der Waals surface area contributed by atoms with Gasteiger partial charge in [-0.3, -0.25) is 4.98 Å². The van der Waals surface area contributed by atoms with Gasteiger partial charge in [0.05, 0.1) is 18.0 Å². The molecule has 1 aliphatic rings. The molecule has 0 saturated heterocycles. The van der Waals surface area contributed by atoms with Crippen LogP contribution in [-0.2, 0) is 0 Å². The lowest BCUT2D eigenvalue weighted by Crippen LogP contribution is -2.15. The number of aromatic nitrogens is 1. The van der Waals surface area contributed by atoms with E-state index in [9.17, 15) is 0 Å². The van der Waals surface area contributed by atoms with E-state index in [1.807, 2.05) is 18.3 Å². The molecule has 0 radical (unpaired) electrons. The summed E-state index contributed by atoms with van der Waals surface area (Å²) in [5, 5.41) is 0. The van der Waals surface area contributed by atoms with Crippen LogP contribution in [0.1, 0.15) is 63.6 Å². The highest BCUT2D eigenvalue weighted by Gasteiger charge is 2.14. The Hall–Kier alpha value is -1.09. The second-order valence-electron chi connectivity index (χ2n) is 5.16. The zero-order valence-corrected chi connectivity index (χ0v) is 11.3. The zero-order chi connectivity index (χ0) is 12.8. The van der Waals surface area contributed by atoms with Gasteiger partial charge in [0.25, 0.3) is 0 Å².